The lowest BCUT2D eigenvalue weighted by molar-refractivity contribution is 0.0931. The van der Waals surface area contributed by atoms with Crippen LogP contribution in [0.15, 0.2) is 71.3 Å². The molecule has 0 saturated heterocycles. The molecule has 3 N–H and O–H groups in total. The molecule has 3 aromatic rings. The van der Waals surface area contributed by atoms with Crippen molar-refractivity contribution >= 4 is 5.91 Å². The summed E-state index contributed by atoms with van der Waals surface area (Å²) in [6.45, 7) is 2.11. The summed E-state index contributed by atoms with van der Waals surface area (Å²) in [6.07, 6.45) is 4.93. The molecule has 0 bridgehead atoms. The highest BCUT2D eigenvalue weighted by atomic mass is 16.3. The zero-order chi connectivity index (χ0) is 19.8. The van der Waals surface area contributed by atoms with Gasteiger partial charge in [0.05, 0.1) is 12.1 Å². The number of carbonyl (C=O) groups excluding carboxylic acids is 1. The number of hydrogen-bond acceptors (Lipinski definition) is 4. The summed E-state index contributed by atoms with van der Waals surface area (Å²) < 4.78 is 5.45. The number of unbranched alkanes of at least 4 members (excludes halogenated alkanes) is 1. The molecule has 28 heavy (non-hydrogen) atoms. The Balaban J connectivity index is 1.73. The lowest BCUT2D eigenvalue weighted by atomic mass is 9.99. The second-order valence-electron chi connectivity index (χ2n) is 6.95. The normalized spacial score (nSPS) is 13.1. The molecule has 0 aliphatic rings. The maximum Gasteiger partial charge on any atom is 0.273 e. The molecule has 0 spiro atoms. The Morgan fingerprint density at radius 2 is 1.79 bits per heavy atom. The second-order valence-corrected chi connectivity index (χ2v) is 6.95. The number of hydrogen-bond donors (Lipinski definition) is 2. The monoisotopic (exact) mass is 377 g/mol. The molecule has 2 unspecified atom stereocenters. The van der Waals surface area contributed by atoms with E-state index in [2.05, 4.69) is 29.4 Å². The van der Waals surface area contributed by atoms with E-state index in [0.717, 1.165) is 30.4 Å². The molecule has 5 heteroatoms. The number of nitrogens with two attached hydrogens (primary N) is 1. The van der Waals surface area contributed by atoms with Gasteiger partial charge in [0.1, 0.15) is 6.26 Å². The van der Waals surface area contributed by atoms with Gasteiger partial charge in [-0.15, -0.1) is 0 Å². The van der Waals surface area contributed by atoms with Crippen LogP contribution in [0.5, 0.6) is 0 Å². The van der Waals surface area contributed by atoms with E-state index in [1.54, 1.807) is 0 Å². The molecule has 0 aliphatic carbocycles. The summed E-state index contributed by atoms with van der Waals surface area (Å²) >= 11 is 0. The van der Waals surface area contributed by atoms with Crippen molar-refractivity contribution in [2.24, 2.45) is 5.73 Å². The second kappa shape index (κ2) is 9.85. The van der Waals surface area contributed by atoms with Gasteiger partial charge >= 0.3 is 0 Å². The minimum absolute atomic E-state index is 0.162. The van der Waals surface area contributed by atoms with Crippen LogP contribution in [0, 0.1) is 0 Å². The average Bonchev–Trinajstić information content (AvgIpc) is 3.23. The topological polar surface area (TPSA) is 81.1 Å². The molecule has 0 saturated carbocycles. The number of nitrogens with zero attached hydrogens (tertiary/aromatic N) is 1. The van der Waals surface area contributed by atoms with Gasteiger partial charge in [0.2, 0.25) is 5.89 Å². The SMILES string of the molecule is CCCCC(N)c1nc(C(=O)NC(Cc2ccccc2)c2ccccc2)co1. The molecule has 0 aliphatic heterocycles. The fourth-order valence-electron chi connectivity index (χ4n) is 3.13. The van der Waals surface area contributed by atoms with Crippen LogP contribution in [0.1, 0.15) is 65.8 Å². The zero-order valence-corrected chi connectivity index (χ0v) is 16.2. The average molecular weight is 377 g/mol. The van der Waals surface area contributed by atoms with Crippen LogP contribution < -0.4 is 11.1 Å². The molecule has 0 fully saturated rings. The van der Waals surface area contributed by atoms with E-state index >= 15 is 0 Å². The van der Waals surface area contributed by atoms with E-state index in [4.69, 9.17) is 10.2 Å². The Kier molecular flexibility index (Phi) is 6.98. The van der Waals surface area contributed by atoms with Gasteiger partial charge in [-0.1, -0.05) is 80.4 Å². The van der Waals surface area contributed by atoms with Gasteiger partial charge in [0.15, 0.2) is 5.69 Å². The molecule has 1 amide bonds. The highest BCUT2D eigenvalue weighted by Crippen LogP contribution is 2.20. The van der Waals surface area contributed by atoms with E-state index in [1.807, 2.05) is 48.5 Å². The zero-order valence-electron chi connectivity index (χ0n) is 16.2. The molecule has 1 aromatic heterocycles. The van der Waals surface area contributed by atoms with E-state index in [9.17, 15) is 4.79 Å². The van der Waals surface area contributed by atoms with Crippen molar-refractivity contribution in [1.82, 2.24) is 10.3 Å². The Morgan fingerprint density at radius 3 is 2.46 bits per heavy atom. The molecule has 2 aromatic carbocycles. The summed E-state index contributed by atoms with van der Waals surface area (Å²) in [6, 6.07) is 19.6. The minimum atomic E-state index is -0.282. The van der Waals surface area contributed by atoms with E-state index < -0.39 is 0 Å². The lowest BCUT2D eigenvalue weighted by Gasteiger charge is -2.19. The number of aromatic nitrogens is 1. The maximum absolute atomic E-state index is 12.8. The van der Waals surface area contributed by atoms with Crippen LogP contribution >= 0.6 is 0 Å². The number of amides is 1. The first-order valence-electron chi connectivity index (χ1n) is 9.78. The molecule has 3 rings (SSSR count). The van der Waals surface area contributed by atoms with Crippen molar-refractivity contribution in [3.05, 3.63) is 89.6 Å². The van der Waals surface area contributed by atoms with Gasteiger partial charge < -0.3 is 15.5 Å². The third-order valence-corrected chi connectivity index (χ3v) is 4.73. The molecule has 2 atom stereocenters. The first-order chi connectivity index (χ1) is 13.7. The molecule has 0 radical (unpaired) electrons. The molecule has 146 valence electrons. The standard InChI is InChI=1S/C23H27N3O2/c1-2-3-14-19(24)23-26-21(16-28-23)22(27)25-20(18-12-8-5-9-13-18)15-17-10-6-4-7-11-17/h4-13,16,19-20H,2-3,14-15,24H2,1H3,(H,25,27). The quantitative estimate of drug-likeness (QED) is 0.572. The Hall–Kier alpha value is -2.92. The van der Waals surface area contributed by atoms with Crippen molar-refractivity contribution < 1.29 is 9.21 Å². The number of carbonyl (C=O) groups is 1. The highest BCUT2D eigenvalue weighted by Gasteiger charge is 2.20. The predicted molar refractivity (Wildman–Crippen MR) is 110 cm³/mol. The van der Waals surface area contributed by atoms with Gasteiger partial charge in [-0.25, -0.2) is 4.98 Å². The Labute approximate surface area is 166 Å². The van der Waals surface area contributed by atoms with Gasteiger partial charge in [-0.2, -0.15) is 0 Å². The van der Waals surface area contributed by atoms with Crippen LogP contribution in [0.4, 0.5) is 0 Å². The Bertz CT molecular complexity index is 862. The predicted octanol–water partition coefficient (Wildman–Crippen LogP) is 4.58. The summed E-state index contributed by atoms with van der Waals surface area (Å²) in [5.41, 5.74) is 8.56. The lowest BCUT2D eigenvalue weighted by Crippen LogP contribution is -2.30. The number of rotatable bonds is 9. The Morgan fingerprint density at radius 1 is 1.11 bits per heavy atom. The van der Waals surface area contributed by atoms with Gasteiger partial charge in [0, 0.05) is 0 Å². The first-order valence-corrected chi connectivity index (χ1v) is 9.78. The van der Waals surface area contributed by atoms with Gasteiger partial charge in [0.25, 0.3) is 5.91 Å². The van der Waals surface area contributed by atoms with E-state index in [-0.39, 0.29) is 23.7 Å². The summed E-state index contributed by atoms with van der Waals surface area (Å²) in [5.74, 6) is 0.153. The first kappa shape index (κ1) is 19.8. The van der Waals surface area contributed by atoms with Gasteiger partial charge in [-0.05, 0) is 24.0 Å². The largest absolute Gasteiger partial charge is 0.446 e. The summed E-state index contributed by atoms with van der Waals surface area (Å²) in [7, 11) is 0. The number of nitrogens with one attached hydrogen (secondary N) is 1. The van der Waals surface area contributed by atoms with Crippen molar-refractivity contribution in [2.45, 2.75) is 44.7 Å². The number of benzene rings is 2. The van der Waals surface area contributed by atoms with Crippen molar-refractivity contribution in [1.29, 1.82) is 0 Å². The van der Waals surface area contributed by atoms with Crippen LogP contribution in [-0.2, 0) is 6.42 Å². The highest BCUT2D eigenvalue weighted by molar-refractivity contribution is 5.92. The minimum Gasteiger partial charge on any atom is -0.446 e. The summed E-state index contributed by atoms with van der Waals surface area (Å²) in [4.78, 5) is 17.1. The van der Waals surface area contributed by atoms with Crippen LogP contribution in [0.25, 0.3) is 0 Å². The smallest absolute Gasteiger partial charge is 0.273 e. The van der Waals surface area contributed by atoms with E-state index in [1.165, 1.54) is 6.26 Å². The van der Waals surface area contributed by atoms with Crippen LogP contribution in [0.2, 0.25) is 0 Å². The van der Waals surface area contributed by atoms with Crippen molar-refractivity contribution in [2.75, 3.05) is 0 Å². The maximum atomic E-state index is 12.8. The van der Waals surface area contributed by atoms with Crippen molar-refractivity contribution in [3.8, 4) is 0 Å². The fourth-order valence-corrected chi connectivity index (χ4v) is 3.13. The molecular formula is C23H27N3O2. The number of oxazole rings is 1. The van der Waals surface area contributed by atoms with Crippen LogP contribution in [-0.4, -0.2) is 10.9 Å². The van der Waals surface area contributed by atoms with E-state index in [0.29, 0.717) is 12.3 Å². The molecular weight excluding hydrogens is 350 g/mol. The third-order valence-electron chi connectivity index (χ3n) is 4.73. The van der Waals surface area contributed by atoms with Crippen LogP contribution in [0.3, 0.4) is 0 Å². The fraction of sp³-hybridized carbons (Fsp3) is 0.304. The van der Waals surface area contributed by atoms with Crippen molar-refractivity contribution in [3.63, 3.8) is 0 Å². The summed E-state index contributed by atoms with van der Waals surface area (Å²) in [5, 5.41) is 3.09. The molecule has 5 nitrogen and oxygen atoms in total. The van der Waals surface area contributed by atoms with Gasteiger partial charge in [-0.3, -0.25) is 4.79 Å². The third kappa shape index (κ3) is 5.30. The molecule has 1 heterocycles.